The summed E-state index contributed by atoms with van der Waals surface area (Å²) in [4.78, 5) is 6.56. The van der Waals surface area contributed by atoms with Crippen LogP contribution in [0.1, 0.15) is 16.7 Å². The van der Waals surface area contributed by atoms with Crippen LogP contribution in [0.2, 0.25) is 0 Å². The molecule has 3 nitrogen and oxygen atoms in total. The zero-order chi connectivity index (χ0) is 14.0. The minimum Gasteiger partial charge on any atom is -0.329 e. The zero-order valence-corrected chi connectivity index (χ0v) is 13.0. The lowest BCUT2D eigenvalue weighted by Crippen LogP contribution is -2.15. The highest BCUT2D eigenvalue weighted by molar-refractivity contribution is 9.10. The molecule has 0 aliphatic carbocycles. The van der Waals surface area contributed by atoms with Gasteiger partial charge >= 0.3 is 0 Å². The van der Waals surface area contributed by atoms with Gasteiger partial charge in [-0.3, -0.25) is 0 Å². The van der Waals surface area contributed by atoms with Crippen LogP contribution in [0.4, 0.5) is 11.5 Å². The first-order chi connectivity index (χ1) is 9.01. The number of pyridine rings is 1. The fraction of sp³-hybridized carbons (Fsp3) is 0.267. The Balaban J connectivity index is 2.46. The van der Waals surface area contributed by atoms with Crippen molar-refractivity contribution < 1.29 is 0 Å². The van der Waals surface area contributed by atoms with Crippen LogP contribution < -0.4 is 10.6 Å². The quantitative estimate of drug-likeness (QED) is 0.938. The van der Waals surface area contributed by atoms with Gasteiger partial charge in [0.25, 0.3) is 0 Å². The van der Waals surface area contributed by atoms with E-state index in [4.69, 9.17) is 5.73 Å². The van der Waals surface area contributed by atoms with Gasteiger partial charge in [0.05, 0.1) is 0 Å². The third-order valence-electron chi connectivity index (χ3n) is 3.04. The summed E-state index contributed by atoms with van der Waals surface area (Å²) in [6, 6.07) is 8.48. The van der Waals surface area contributed by atoms with Crippen LogP contribution in [-0.4, -0.2) is 12.0 Å². The van der Waals surface area contributed by atoms with E-state index in [0.29, 0.717) is 6.54 Å². The molecule has 0 aliphatic rings. The van der Waals surface area contributed by atoms with Gasteiger partial charge in [0.1, 0.15) is 5.82 Å². The van der Waals surface area contributed by atoms with Crippen LogP contribution in [0.15, 0.2) is 34.9 Å². The maximum Gasteiger partial charge on any atom is 0.137 e. The van der Waals surface area contributed by atoms with Crippen LogP contribution >= 0.6 is 15.9 Å². The summed E-state index contributed by atoms with van der Waals surface area (Å²) in [6.45, 7) is 4.67. The Hall–Kier alpha value is -1.39. The van der Waals surface area contributed by atoms with Crippen LogP contribution in [0.3, 0.4) is 0 Å². The second-order valence-electron chi connectivity index (χ2n) is 4.75. The molecule has 1 heterocycles. The molecule has 0 unspecified atom stereocenters. The number of anilines is 2. The topological polar surface area (TPSA) is 42.2 Å². The summed E-state index contributed by atoms with van der Waals surface area (Å²) in [6.07, 6.45) is 1.80. The number of hydrogen-bond donors (Lipinski definition) is 1. The Morgan fingerprint density at radius 1 is 1.16 bits per heavy atom. The van der Waals surface area contributed by atoms with Gasteiger partial charge in [-0.1, -0.05) is 6.07 Å². The Morgan fingerprint density at radius 3 is 2.37 bits per heavy atom. The summed E-state index contributed by atoms with van der Waals surface area (Å²) in [5.74, 6) is 0.899. The molecular formula is C15H18BrN3. The maximum atomic E-state index is 5.81. The number of hydrogen-bond acceptors (Lipinski definition) is 3. The molecule has 0 amide bonds. The molecule has 0 aliphatic heterocycles. The van der Waals surface area contributed by atoms with Crippen LogP contribution in [-0.2, 0) is 6.54 Å². The first-order valence-electron chi connectivity index (χ1n) is 6.18. The van der Waals surface area contributed by atoms with Crippen molar-refractivity contribution in [2.24, 2.45) is 5.73 Å². The second-order valence-corrected chi connectivity index (χ2v) is 5.66. The van der Waals surface area contributed by atoms with Crippen molar-refractivity contribution in [2.75, 3.05) is 11.9 Å². The molecule has 100 valence electrons. The third-order valence-corrected chi connectivity index (χ3v) is 3.47. The molecule has 0 radical (unpaired) electrons. The van der Waals surface area contributed by atoms with Crippen molar-refractivity contribution in [2.45, 2.75) is 20.4 Å². The lowest BCUT2D eigenvalue weighted by Gasteiger charge is -2.22. The van der Waals surface area contributed by atoms with Crippen molar-refractivity contribution in [3.63, 3.8) is 0 Å². The predicted octanol–water partition coefficient (Wildman–Crippen LogP) is 3.69. The highest BCUT2D eigenvalue weighted by Gasteiger charge is 2.11. The Bertz CT molecular complexity index is 576. The first kappa shape index (κ1) is 14.0. The number of aromatic nitrogens is 1. The predicted molar refractivity (Wildman–Crippen MR) is 83.8 cm³/mol. The molecule has 0 fully saturated rings. The third kappa shape index (κ3) is 3.14. The number of nitrogens with two attached hydrogens (primary N) is 1. The monoisotopic (exact) mass is 319 g/mol. The molecule has 4 heteroatoms. The lowest BCUT2D eigenvalue weighted by molar-refractivity contribution is 1.00. The molecular weight excluding hydrogens is 302 g/mol. The van der Waals surface area contributed by atoms with E-state index in [0.717, 1.165) is 21.5 Å². The molecule has 0 bridgehead atoms. The molecule has 19 heavy (non-hydrogen) atoms. The van der Waals surface area contributed by atoms with Crippen LogP contribution in [0.5, 0.6) is 0 Å². The van der Waals surface area contributed by atoms with E-state index in [2.05, 4.69) is 57.9 Å². The summed E-state index contributed by atoms with van der Waals surface area (Å²) in [7, 11) is 2.02. The van der Waals surface area contributed by atoms with E-state index in [1.54, 1.807) is 6.20 Å². The first-order valence-corrected chi connectivity index (χ1v) is 6.97. The van der Waals surface area contributed by atoms with E-state index in [9.17, 15) is 0 Å². The van der Waals surface area contributed by atoms with Gasteiger partial charge < -0.3 is 10.6 Å². The van der Waals surface area contributed by atoms with Gasteiger partial charge in [0.2, 0.25) is 0 Å². The van der Waals surface area contributed by atoms with Crippen molar-refractivity contribution >= 4 is 27.4 Å². The van der Waals surface area contributed by atoms with Gasteiger partial charge in [-0.05, 0) is 59.1 Å². The Morgan fingerprint density at radius 2 is 1.79 bits per heavy atom. The van der Waals surface area contributed by atoms with Crippen molar-refractivity contribution in [3.05, 3.63) is 51.6 Å². The molecule has 0 spiro atoms. The number of benzene rings is 1. The summed E-state index contributed by atoms with van der Waals surface area (Å²) in [5.41, 5.74) is 10.4. The molecule has 0 saturated carbocycles. The van der Waals surface area contributed by atoms with Gasteiger partial charge in [0.15, 0.2) is 0 Å². The van der Waals surface area contributed by atoms with Crippen LogP contribution in [0.25, 0.3) is 0 Å². The number of nitrogens with zero attached hydrogens (tertiary/aromatic N) is 2. The molecule has 2 N–H and O–H groups in total. The second kappa shape index (κ2) is 5.72. The Labute approximate surface area is 122 Å². The van der Waals surface area contributed by atoms with Gasteiger partial charge in [-0.15, -0.1) is 0 Å². The fourth-order valence-corrected chi connectivity index (χ4v) is 2.57. The van der Waals surface area contributed by atoms with E-state index < -0.39 is 0 Å². The highest BCUT2D eigenvalue weighted by Crippen LogP contribution is 2.28. The van der Waals surface area contributed by atoms with E-state index in [1.807, 2.05) is 13.1 Å². The number of halogens is 1. The van der Waals surface area contributed by atoms with Crippen molar-refractivity contribution in [1.29, 1.82) is 0 Å². The normalized spacial score (nSPS) is 10.6. The van der Waals surface area contributed by atoms with Gasteiger partial charge in [-0.2, -0.15) is 0 Å². The molecule has 2 aromatic rings. The lowest BCUT2D eigenvalue weighted by atomic mass is 10.1. The zero-order valence-electron chi connectivity index (χ0n) is 11.4. The highest BCUT2D eigenvalue weighted by atomic mass is 79.9. The number of rotatable bonds is 3. The van der Waals surface area contributed by atoms with E-state index >= 15 is 0 Å². The van der Waals surface area contributed by atoms with Crippen molar-refractivity contribution in [1.82, 2.24) is 4.98 Å². The standard InChI is InChI=1S/C15H18BrN3/c1-10-4-11(2)6-14(5-10)19(3)15-12(8-17)7-13(16)9-18-15/h4-7,9H,8,17H2,1-3H3. The smallest absolute Gasteiger partial charge is 0.137 e. The largest absolute Gasteiger partial charge is 0.329 e. The molecule has 0 atom stereocenters. The maximum absolute atomic E-state index is 5.81. The molecule has 2 rings (SSSR count). The molecule has 1 aromatic heterocycles. The van der Waals surface area contributed by atoms with Gasteiger partial charge in [-0.25, -0.2) is 4.98 Å². The average molecular weight is 320 g/mol. The van der Waals surface area contributed by atoms with E-state index in [1.165, 1.54) is 11.1 Å². The minimum absolute atomic E-state index is 0.469. The SMILES string of the molecule is Cc1cc(C)cc(N(C)c2ncc(Br)cc2CN)c1. The summed E-state index contributed by atoms with van der Waals surface area (Å²) >= 11 is 3.43. The summed E-state index contributed by atoms with van der Waals surface area (Å²) < 4.78 is 0.950. The van der Waals surface area contributed by atoms with Crippen LogP contribution in [0, 0.1) is 13.8 Å². The summed E-state index contributed by atoms with van der Waals surface area (Å²) in [5, 5.41) is 0. The molecule has 0 saturated heterocycles. The Kier molecular flexibility index (Phi) is 4.22. The fourth-order valence-electron chi connectivity index (χ4n) is 2.19. The van der Waals surface area contributed by atoms with Crippen molar-refractivity contribution in [3.8, 4) is 0 Å². The van der Waals surface area contributed by atoms with Gasteiger partial charge in [0, 0.05) is 35.5 Å². The van der Waals surface area contributed by atoms with E-state index in [-0.39, 0.29) is 0 Å². The molecule has 1 aromatic carbocycles. The number of aryl methyl sites for hydroxylation is 2. The minimum atomic E-state index is 0.469. The average Bonchev–Trinajstić information content (AvgIpc) is 2.36.